The van der Waals surface area contributed by atoms with Gasteiger partial charge >= 0.3 is 5.97 Å². The maximum Gasteiger partial charge on any atom is 0.338 e. The zero-order chi connectivity index (χ0) is 22.9. The number of ether oxygens (including phenoxy) is 1. The quantitative estimate of drug-likeness (QED) is 0.604. The minimum absolute atomic E-state index is 0.0672. The van der Waals surface area contributed by atoms with Crippen molar-refractivity contribution < 1.29 is 27.5 Å². The molecule has 1 aromatic heterocycles. The van der Waals surface area contributed by atoms with E-state index in [4.69, 9.17) is 0 Å². The summed E-state index contributed by atoms with van der Waals surface area (Å²) in [5.41, 5.74) is 0.963. The molecule has 2 aromatic rings. The number of para-hydroxylation sites is 1. The second-order valence-corrected chi connectivity index (χ2v) is 10.7. The van der Waals surface area contributed by atoms with E-state index in [0.717, 1.165) is 17.0 Å². The van der Waals surface area contributed by atoms with Crippen molar-refractivity contribution in [2.24, 2.45) is 5.92 Å². The fourth-order valence-corrected chi connectivity index (χ4v) is 6.67. The minimum atomic E-state index is -3.76. The van der Waals surface area contributed by atoms with E-state index in [-0.39, 0.29) is 54.2 Å². The summed E-state index contributed by atoms with van der Waals surface area (Å²) >= 11 is 0.966. The lowest BCUT2D eigenvalue weighted by Crippen LogP contribution is -2.52. The van der Waals surface area contributed by atoms with Crippen molar-refractivity contribution in [1.29, 1.82) is 0 Å². The summed E-state index contributed by atoms with van der Waals surface area (Å²) in [6.45, 7) is 1.14. The van der Waals surface area contributed by atoms with Crippen molar-refractivity contribution in [3.05, 3.63) is 47.3 Å². The number of anilines is 1. The normalized spacial score (nSPS) is 19.9. The molecule has 32 heavy (non-hydrogen) atoms. The molecule has 1 unspecified atom stereocenters. The molecule has 0 bridgehead atoms. The van der Waals surface area contributed by atoms with Gasteiger partial charge in [0.25, 0.3) is 10.0 Å². The molecule has 2 amide bonds. The van der Waals surface area contributed by atoms with Crippen molar-refractivity contribution in [2.75, 3.05) is 44.7 Å². The van der Waals surface area contributed by atoms with Crippen LogP contribution in [-0.2, 0) is 24.3 Å². The van der Waals surface area contributed by atoms with Crippen molar-refractivity contribution in [1.82, 2.24) is 9.21 Å². The van der Waals surface area contributed by atoms with Gasteiger partial charge in [-0.1, -0.05) is 18.2 Å². The molecule has 4 rings (SSSR count). The number of esters is 1. The van der Waals surface area contributed by atoms with Gasteiger partial charge in [-0.3, -0.25) is 9.59 Å². The molecule has 1 aromatic carbocycles. The zero-order valence-corrected chi connectivity index (χ0v) is 19.1. The molecule has 170 valence electrons. The highest BCUT2D eigenvalue weighted by Gasteiger charge is 2.39. The number of sulfonamides is 1. The van der Waals surface area contributed by atoms with Gasteiger partial charge in [0.1, 0.15) is 4.21 Å². The molecule has 11 heteroatoms. The highest BCUT2D eigenvalue weighted by molar-refractivity contribution is 7.91. The summed E-state index contributed by atoms with van der Waals surface area (Å²) < 4.78 is 31.8. The van der Waals surface area contributed by atoms with Crippen LogP contribution in [0, 0.1) is 5.92 Å². The summed E-state index contributed by atoms with van der Waals surface area (Å²) in [5, 5.41) is 1.45. The largest absolute Gasteiger partial charge is 0.465 e. The number of piperazine rings is 1. The summed E-state index contributed by atoms with van der Waals surface area (Å²) in [7, 11) is -2.52. The minimum Gasteiger partial charge on any atom is -0.465 e. The molecule has 0 spiro atoms. The summed E-state index contributed by atoms with van der Waals surface area (Å²) in [4.78, 5) is 40.3. The molecule has 2 saturated heterocycles. The molecule has 2 aliphatic rings. The third-order valence-corrected chi connectivity index (χ3v) is 9.00. The number of nitrogens with zero attached hydrogens (tertiary/aromatic N) is 3. The van der Waals surface area contributed by atoms with Crippen LogP contribution in [0.1, 0.15) is 16.8 Å². The first kappa shape index (κ1) is 22.4. The number of thiophene rings is 1. The van der Waals surface area contributed by atoms with Gasteiger partial charge in [-0.15, -0.1) is 11.3 Å². The summed E-state index contributed by atoms with van der Waals surface area (Å²) in [6.07, 6.45) is 0.151. The third-order valence-electron chi connectivity index (χ3n) is 5.68. The Labute approximate surface area is 190 Å². The lowest BCUT2D eigenvalue weighted by atomic mass is 10.1. The van der Waals surface area contributed by atoms with Crippen LogP contribution < -0.4 is 4.90 Å². The molecular weight excluding hydrogens is 454 g/mol. The van der Waals surface area contributed by atoms with Crippen LogP contribution in [0.25, 0.3) is 0 Å². The number of hydrogen-bond acceptors (Lipinski definition) is 7. The first-order chi connectivity index (χ1) is 15.3. The Balaban J connectivity index is 1.37. The molecule has 3 heterocycles. The molecule has 1 atom stereocenters. The van der Waals surface area contributed by atoms with Crippen molar-refractivity contribution in [3.63, 3.8) is 0 Å². The van der Waals surface area contributed by atoms with Gasteiger partial charge in [-0.2, -0.15) is 4.31 Å². The fourth-order valence-electron chi connectivity index (χ4n) is 3.94. The third kappa shape index (κ3) is 4.27. The molecule has 0 saturated carbocycles. The monoisotopic (exact) mass is 477 g/mol. The maximum atomic E-state index is 13.0. The summed E-state index contributed by atoms with van der Waals surface area (Å²) in [5.74, 6) is -1.24. The zero-order valence-electron chi connectivity index (χ0n) is 17.5. The number of methoxy groups -OCH3 is 1. The average Bonchev–Trinajstić information content (AvgIpc) is 3.46. The van der Waals surface area contributed by atoms with E-state index in [1.165, 1.54) is 22.9 Å². The molecule has 0 N–H and O–H groups in total. The van der Waals surface area contributed by atoms with Gasteiger partial charge in [0.2, 0.25) is 11.8 Å². The fraction of sp³-hybridized carbons (Fsp3) is 0.381. The van der Waals surface area contributed by atoms with Crippen LogP contribution in [-0.4, -0.2) is 75.2 Å². The number of amides is 2. The molecule has 2 aliphatic heterocycles. The highest BCUT2D eigenvalue weighted by atomic mass is 32.2. The predicted molar refractivity (Wildman–Crippen MR) is 118 cm³/mol. The number of rotatable bonds is 5. The first-order valence-corrected chi connectivity index (χ1v) is 12.4. The topological polar surface area (TPSA) is 104 Å². The average molecular weight is 478 g/mol. The smallest absolute Gasteiger partial charge is 0.338 e. The second-order valence-electron chi connectivity index (χ2n) is 7.62. The maximum absolute atomic E-state index is 13.0. The molecule has 2 fully saturated rings. The second kappa shape index (κ2) is 9.00. The predicted octanol–water partition coefficient (Wildman–Crippen LogP) is 1.42. The number of hydrogen-bond donors (Lipinski definition) is 0. The Morgan fingerprint density at radius 2 is 1.78 bits per heavy atom. The number of carbonyl (C=O) groups excluding carboxylic acids is 3. The Morgan fingerprint density at radius 3 is 2.44 bits per heavy atom. The van der Waals surface area contributed by atoms with E-state index in [1.807, 2.05) is 30.3 Å². The standard InChI is InChI=1S/C21H23N3O6S2/c1-30-21(27)16-12-19(31-14-16)32(28,29)23-9-7-22(8-10-23)20(26)15-11-18(25)24(13-15)17-5-3-2-4-6-17/h2-6,12,14-15H,7-11,13H2,1H3. The van der Waals surface area contributed by atoms with Crippen molar-refractivity contribution in [3.8, 4) is 0 Å². The van der Waals surface area contributed by atoms with Crippen LogP contribution in [0.3, 0.4) is 0 Å². The van der Waals surface area contributed by atoms with Gasteiger partial charge in [0.05, 0.1) is 18.6 Å². The summed E-state index contributed by atoms with van der Waals surface area (Å²) in [6, 6.07) is 10.5. The van der Waals surface area contributed by atoms with Crippen molar-refractivity contribution in [2.45, 2.75) is 10.6 Å². The Morgan fingerprint density at radius 1 is 1.09 bits per heavy atom. The molecule has 0 radical (unpaired) electrons. The van der Waals surface area contributed by atoms with Crippen molar-refractivity contribution >= 4 is 44.8 Å². The van der Waals surface area contributed by atoms with E-state index in [1.54, 1.807) is 9.80 Å². The van der Waals surface area contributed by atoms with Gasteiger partial charge in [0, 0.05) is 50.2 Å². The lowest BCUT2D eigenvalue weighted by molar-refractivity contribution is -0.136. The SMILES string of the molecule is COC(=O)c1csc(S(=O)(=O)N2CCN(C(=O)C3CC(=O)N(c4ccccc4)C3)CC2)c1. The van der Waals surface area contributed by atoms with Gasteiger partial charge in [-0.05, 0) is 18.2 Å². The first-order valence-electron chi connectivity index (χ1n) is 10.1. The van der Waals surface area contributed by atoms with E-state index in [9.17, 15) is 22.8 Å². The van der Waals surface area contributed by atoms with E-state index in [2.05, 4.69) is 4.74 Å². The van der Waals surface area contributed by atoms with Crippen LogP contribution in [0.4, 0.5) is 5.69 Å². The molecular formula is C21H23N3O6S2. The molecule has 0 aliphatic carbocycles. The van der Waals surface area contributed by atoms with Crippen LogP contribution in [0.5, 0.6) is 0 Å². The highest BCUT2D eigenvalue weighted by Crippen LogP contribution is 2.28. The van der Waals surface area contributed by atoms with Gasteiger partial charge in [-0.25, -0.2) is 13.2 Å². The Bertz CT molecular complexity index is 1120. The van der Waals surface area contributed by atoms with E-state index >= 15 is 0 Å². The van der Waals surface area contributed by atoms with Gasteiger partial charge in [0.15, 0.2) is 0 Å². The van der Waals surface area contributed by atoms with E-state index < -0.39 is 21.9 Å². The van der Waals surface area contributed by atoms with Gasteiger partial charge < -0.3 is 14.5 Å². The Kier molecular flexibility index (Phi) is 6.31. The van der Waals surface area contributed by atoms with Crippen LogP contribution in [0.2, 0.25) is 0 Å². The van der Waals surface area contributed by atoms with Crippen LogP contribution in [0.15, 0.2) is 46.0 Å². The molecule has 9 nitrogen and oxygen atoms in total. The Hall–Kier alpha value is -2.76. The van der Waals surface area contributed by atoms with Crippen LogP contribution >= 0.6 is 11.3 Å². The lowest BCUT2D eigenvalue weighted by Gasteiger charge is -2.34. The number of carbonyl (C=O) groups is 3. The van der Waals surface area contributed by atoms with E-state index in [0.29, 0.717) is 6.54 Å². The number of benzene rings is 1.